The monoisotopic (exact) mass is 447 g/mol. The molecule has 1 amide bonds. The van der Waals surface area contributed by atoms with Gasteiger partial charge in [0.05, 0.1) is 11.1 Å². The molecule has 4 rings (SSSR count). The first kappa shape index (κ1) is 21.3. The summed E-state index contributed by atoms with van der Waals surface area (Å²) in [5, 5.41) is 4.48. The molecular weight excluding hydrogens is 430 g/mol. The number of hydrogen-bond donors (Lipinski definition) is 0. The van der Waals surface area contributed by atoms with Crippen molar-refractivity contribution < 1.29 is 18.8 Å². The number of halogens is 1. The van der Waals surface area contributed by atoms with Crippen molar-refractivity contribution in [3.8, 4) is 11.4 Å². The molecule has 0 aliphatic rings. The van der Waals surface area contributed by atoms with Crippen LogP contribution in [0.3, 0.4) is 0 Å². The first-order valence-corrected chi connectivity index (χ1v) is 10.1. The molecule has 0 bridgehead atoms. The summed E-state index contributed by atoms with van der Waals surface area (Å²) in [6, 6.07) is 22.6. The molecular formula is C24H18ClN3O4. The molecule has 8 heteroatoms. The molecule has 0 unspecified atom stereocenters. The van der Waals surface area contributed by atoms with Crippen molar-refractivity contribution in [3.63, 3.8) is 0 Å². The molecule has 0 radical (unpaired) electrons. The van der Waals surface area contributed by atoms with Gasteiger partial charge in [0, 0.05) is 23.3 Å². The van der Waals surface area contributed by atoms with E-state index in [0.717, 1.165) is 5.56 Å². The van der Waals surface area contributed by atoms with E-state index in [1.807, 2.05) is 30.3 Å². The smallest absolute Gasteiger partial charge is 0.339 e. The zero-order valence-electron chi connectivity index (χ0n) is 17.1. The van der Waals surface area contributed by atoms with Gasteiger partial charge in [0.25, 0.3) is 11.8 Å². The SMILES string of the molecule is CN(C(=O)c1ccccc1C(=O)OCc1nc(-c2ccc(Cl)cc2)no1)c1ccccc1. The average Bonchev–Trinajstić information content (AvgIpc) is 3.31. The standard InChI is InChI=1S/C24H18ClN3O4/c1-28(18-7-3-2-4-8-18)23(29)19-9-5-6-10-20(19)24(30)31-15-21-26-22(27-32-21)16-11-13-17(25)14-12-16/h2-14H,15H2,1H3. The van der Waals surface area contributed by atoms with E-state index in [9.17, 15) is 9.59 Å². The normalized spacial score (nSPS) is 10.6. The predicted octanol–water partition coefficient (Wildman–Crippen LogP) is 5.02. The van der Waals surface area contributed by atoms with Crippen LogP contribution in [0.15, 0.2) is 83.4 Å². The molecule has 1 aromatic heterocycles. The molecule has 0 aliphatic heterocycles. The van der Waals surface area contributed by atoms with Crippen molar-refractivity contribution in [2.75, 3.05) is 11.9 Å². The number of esters is 1. The number of para-hydroxylation sites is 1. The van der Waals surface area contributed by atoms with Crippen molar-refractivity contribution >= 4 is 29.2 Å². The van der Waals surface area contributed by atoms with Crippen LogP contribution in [-0.4, -0.2) is 29.1 Å². The minimum atomic E-state index is -0.665. The van der Waals surface area contributed by atoms with Gasteiger partial charge in [0.15, 0.2) is 6.61 Å². The highest BCUT2D eigenvalue weighted by molar-refractivity contribution is 6.30. The molecule has 4 aromatic rings. The zero-order valence-corrected chi connectivity index (χ0v) is 17.8. The van der Waals surface area contributed by atoms with Gasteiger partial charge in [0.2, 0.25) is 5.82 Å². The molecule has 0 aliphatic carbocycles. The number of nitrogens with zero attached hydrogens (tertiary/aromatic N) is 3. The number of hydrogen-bond acceptors (Lipinski definition) is 6. The number of aromatic nitrogens is 2. The summed E-state index contributed by atoms with van der Waals surface area (Å²) < 4.78 is 10.5. The molecule has 3 aromatic carbocycles. The molecule has 1 heterocycles. The molecule has 0 spiro atoms. The number of carbonyl (C=O) groups excluding carboxylic acids is 2. The van der Waals surface area contributed by atoms with Gasteiger partial charge >= 0.3 is 5.97 Å². The molecule has 0 N–H and O–H groups in total. The molecule has 0 saturated carbocycles. The molecule has 32 heavy (non-hydrogen) atoms. The molecule has 7 nitrogen and oxygen atoms in total. The van der Waals surface area contributed by atoms with Crippen LogP contribution in [0.25, 0.3) is 11.4 Å². The molecule has 160 valence electrons. The maximum absolute atomic E-state index is 13.0. The van der Waals surface area contributed by atoms with Gasteiger partial charge in [-0.2, -0.15) is 4.98 Å². The van der Waals surface area contributed by atoms with Crippen LogP contribution in [0.5, 0.6) is 0 Å². The van der Waals surface area contributed by atoms with Crippen LogP contribution >= 0.6 is 11.6 Å². The average molecular weight is 448 g/mol. The Morgan fingerprint density at radius 3 is 2.31 bits per heavy atom. The number of amides is 1. The zero-order chi connectivity index (χ0) is 22.5. The summed E-state index contributed by atoms with van der Waals surface area (Å²) in [5.41, 5.74) is 1.81. The van der Waals surface area contributed by atoms with Crippen molar-refractivity contribution in [3.05, 3.63) is 101 Å². The highest BCUT2D eigenvalue weighted by Gasteiger charge is 2.22. The number of anilines is 1. The van der Waals surface area contributed by atoms with Gasteiger partial charge in [-0.15, -0.1) is 0 Å². The fourth-order valence-electron chi connectivity index (χ4n) is 3.03. The second-order valence-corrected chi connectivity index (χ2v) is 7.28. The third-order valence-corrected chi connectivity index (χ3v) is 4.97. The van der Waals surface area contributed by atoms with Gasteiger partial charge in [-0.05, 0) is 48.5 Å². The Hall–Kier alpha value is -3.97. The van der Waals surface area contributed by atoms with E-state index >= 15 is 0 Å². The maximum atomic E-state index is 13.0. The van der Waals surface area contributed by atoms with Crippen LogP contribution in [0.1, 0.15) is 26.6 Å². The van der Waals surface area contributed by atoms with Crippen LogP contribution < -0.4 is 4.90 Å². The van der Waals surface area contributed by atoms with Crippen LogP contribution in [0, 0.1) is 0 Å². The molecule has 0 fully saturated rings. The Morgan fingerprint density at radius 2 is 1.59 bits per heavy atom. The summed E-state index contributed by atoms with van der Waals surface area (Å²) in [5.74, 6) is -0.505. The lowest BCUT2D eigenvalue weighted by Gasteiger charge is -2.18. The highest BCUT2D eigenvalue weighted by Crippen LogP contribution is 2.20. The van der Waals surface area contributed by atoms with E-state index in [4.69, 9.17) is 20.9 Å². The van der Waals surface area contributed by atoms with Crippen molar-refractivity contribution in [2.45, 2.75) is 6.61 Å². The number of ether oxygens (including phenoxy) is 1. The lowest BCUT2D eigenvalue weighted by atomic mass is 10.1. The quantitative estimate of drug-likeness (QED) is 0.385. The molecule has 0 atom stereocenters. The minimum Gasteiger partial charge on any atom is -0.452 e. The first-order chi connectivity index (χ1) is 15.5. The van der Waals surface area contributed by atoms with E-state index in [2.05, 4.69) is 10.1 Å². The minimum absolute atomic E-state index is 0.133. The predicted molar refractivity (Wildman–Crippen MR) is 119 cm³/mol. The lowest BCUT2D eigenvalue weighted by Crippen LogP contribution is -2.28. The lowest BCUT2D eigenvalue weighted by molar-refractivity contribution is 0.0427. The third kappa shape index (κ3) is 4.68. The second kappa shape index (κ2) is 9.45. The van der Waals surface area contributed by atoms with Crippen molar-refractivity contribution in [1.82, 2.24) is 10.1 Å². The fourth-order valence-corrected chi connectivity index (χ4v) is 3.16. The van der Waals surface area contributed by atoms with Crippen molar-refractivity contribution in [1.29, 1.82) is 0 Å². The first-order valence-electron chi connectivity index (χ1n) is 9.70. The van der Waals surface area contributed by atoms with E-state index in [1.54, 1.807) is 55.6 Å². The van der Waals surface area contributed by atoms with Crippen LogP contribution in [0.2, 0.25) is 5.02 Å². The van der Waals surface area contributed by atoms with Gasteiger partial charge in [-0.25, -0.2) is 4.79 Å². The van der Waals surface area contributed by atoms with Gasteiger partial charge in [-0.3, -0.25) is 4.79 Å². The van der Waals surface area contributed by atoms with E-state index in [-0.39, 0.29) is 29.5 Å². The van der Waals surface area contributed by atoms with Gasteiger partial charge in [0.1, 0.15) is 0 Å². The van der Waals surface area contributed by atoms with Crippen molar-refractivity contribution in [2.24, 2.45) is 0 Å². The Morgan fingerprint density at radius 1 is 0.938 bits per heavy atom. The van der Waals surface area contributed by atoms with Crippen LogP contribution in [-0.2, 0) is 11.3 Å². The van der Waals surface area contributed by atoms with E-state index in [1.165, 1.54) is 4.90 Å². The summed E-state index contributed by atoms with van der Waals surface area (Å²) >= 11 is 5.89. The molecule has 0 saturated heterocycles. The van der Waals surface area contributed by atoms with Gasteiger partial charge < -0.3 is 14.2 Å². The summed E-state index contributed by atoms with van der Waals surface area (Å²) in [7, 11) is 1.65. The Bertz CT molecular complexity index is 1240. The fraction of sp³-hybridized carbons (Fsp3) is 0.0833. The van der Waals surface area contributed by atoms with Gasteiger partial charge in [-0.1, -0.05) is 47.1 Å². The summed E-state index contributed by atoms with van der Waals surface area (Å²) in [6.07, 6.45) is 0. The maximum Gasteiger partial charge on any atom is 0.339 e. The largest absolute Gasteiger partial charge is 0.452 e. The number of carbonyl (C=O) groups is 2. The second-order valence-electron chi connectivity index (χ2n) is 6.84. The highest BCUT2D eigenvalue weighted by atomic mass is 35.5. The summed E-state index contributed by atoms with van der Waals surface area (Å²) in [6.45, 7) is -0.226. The Kier molecular flexibility index (Phi) is 6.28. The van der Waals surface area contributed by atoms with E-state index < -0.39 is 5.97 Å². The Balaban J connectivity index is 1.47. The summed E-state index contributed by atoms with van der Waals surface area (Å²) in [4.78, 5) is 31.4. The third-order valence-electron chi connectivity index (χ3n) is 4.72. The van der Waals surface area contributed by atoms with E-state index in [0.29, 0.717) is 16.5 Å². The number of benzene rings is 3. The topological polar surface area (TPSA) is 85.5 Å². The number of rotatable bonds is 6. The van der Waals surface area contributed by atoms with Crippen LogP contribution in [0.4, 0.5) is 5.69 Å². The Labute approximate surface area is 189 Å².